The number of anilines is 1. The monoisotopic (exact) mass is 317 g/mol. The lowest BCUT2D eigenvalue weighted by atomic mass is 9.97. The van der Waals surface area contributed by atoms with Crippen molar-refractivity contribution in [2.75, 3.05) is 18.4 Å². The van der Waals surface area contributed by atoms with Gasteiger partial charge in [-0.25, -0.2) is 0 Å². The van der Waals surface area contributed by atoms with Crippen LogP contribution in [0.3, 0.4) is 0 Å². The van der Waals surface area contributed by atoms with E-state index in [9.17, 15) is 14.4 Å². The number of piperidine rings is 1. The number of carbonyl (C=O) groups is 3. The molecule has 124 valence electrons. The van der Waals surface area contributed by atoms with E-state index in [0.717, 1.165) is 18.7 Å². The minimum atomic E-state index is -0.910. The molecule has 1 aliphatic heterocycles. The van der Waals surface area contributed by atoms with Crippen molar-refractivity contribution >= 4 is 23.4 Å². The molecule has 1 fully saturated rings. The molecule has 1 saturated heterocycles. The van der Waals surface area contributed by atoms with Crippen molar-refractivity contribution < 1.29 is 14.4 Å². The fourth-order valence-electron chi connectivity index (χ4n) is 2.65. The van der Waals surface area contributed by atoms with Gasteiger partial charge in [0.1, 0.15) is 0 Å². The van der Waals surface area contributed by atoms with Crippen LogP contribution in [0.5, 0.6) is 0 Å². The molecule has 1 aromatic rings. The van der Waals surface area contributed by atoms with Crippen molar-refractivity contribution in [2.45, 2.75) is 32.6 Å². The molecule has 23 heavy (non-hydrogen) atoms. The van der Waals surface area contributed by atoms with Gasteiger partial charge in [-0.3, -0.25) is 19.7 Å². The first-order chi connectivity index (χ1) is 11.0. The number of para-hydroxylation sites is 1. The van der Waals surface area contributed by atoms with Crippen LogP contribution in [0, 0.1) is 5.92 Å². The van der Waals surface area contributed by atoms with Crippen molar-refractivity contribution in [1.82, 2.24) is 10.6 Å². The molecule has 0 bridgehead atoms. The van der Waals surface area contributed by atoms with Gasteiger partial charge in [0.05, 0.1) is 0 Å². The highest BCUT2D eigenvalue weighted by molar-refractivity contribution is 6.42. The van der Waals surface area contributed by atoms with E-state index < -0.39 is 11.8 Å². The summed E-state index contributed by atoms with van der Waals surface area (Å²) >= 11 is 0. The quantitative estimate of drug-likeness (QED) is 0.735. The van der Waals surface area contributed by atoms with Crippen LogP contribution in [-0.4, -0.2) is 30.8 Å². The third kappa shape index (κ3) is 4.63. The van der Waals surface area contributed by atoms with Crippen LogP contribution < -0.4 is 16.0 Å². The summed E-state index contributed by atoms with van der Waals surface area (Å²) in [5.41, 5.74) is 1.54. The van der Waals surface area contributed by atoms with Gasteiger partial charge in [-0.05, 0) is 43.5 Å². The van der Waals surface area contributed by atoms with Crippen LogP contribution in [-0.2, 0) is 14.4 Å². The van der Waals surface area contributed by atoms with Gasteiger partial charge < -0.3 is 10.6 Å². The molecular weight excluding hydrogens is 294 g/mol. The molecule has 1 heterocycles. The molecule has 0 aromatic heterocycles. The zero-order valence-electron chi connectivity index (χ0n) is 13.5. The molecule has 0 unspecified atom stereocenters. The summed E-state index contributed by atoms with van der Waals surface area (Å²) in [5, 5.41) is 7.94. The van der Waals surface area contributed by atoms with Gasteiger partial charge in [-0.15, -0.1) is 0 Å². The lowest BCUT2D eigenvalue weighted by molar-refractivity contribution is -0.141. The Morgan fingerprint density at radius 3 is 2.39 bits per heavy atom. The molecular formula is C17H23N3O3. The number of carbonyl (C=O) groups excluding carboxylic acids is 3. The molecule has 0 saturated carbocycles. The summed E-state index contributed by atoms with van der Waals surface area (Å²) in [6.07, 6.45) is 1.35. The summed E-state index contributed by atoms with van der Waals surface area (Å²) in [4.78, 5) is 35.9. The van der Waals surface area contributed by atoms with Gasteiger partial charge in [-0.2, -0.15) is 0 Å². The molecule has 2 rings (SSSR count). The van der Waals surface area contributed by atoms with Gasteiger partial charge in [0, 0.05) is 11.6 Å². The van der Waals surface area contributed by atoms with Gasteiger partial charge >= 0.3 is 11.8 Å². The Balaban J connectivity index is 1.95. The summed E-state index contributed by atoms with van der Waals surface area (Å²) in [7, 11) is 0. The van der Waals surface area contributed by atoms with Crippen molar-refractivity contribution in [3.63, 3.8) is 0 Å². The molecule has 3 N–H and O–H groups in total. The predicted octanol–water partition coefficient (Wildman–Crippen LogP) is 1.39. The van der Waals surface area contributed by atoms with E-state index in [1.165, 1.54) is 0 Å². The van der Waals surface area contributed by atoms with Crippen molar-refractivity contribution in [3.05, 3.63) is 29.8 Å². The van der Waals surface area contributed by atoms with Crippen LogP contribution in [0.15, 0.2) is 24.3 Å². The minimum absolute atomic E-state index is 0.212. The second-order valence-electron chi connectivity index (χ2n) is 6.04. The standard InChI is InChI=1S/C17H23N3O3/c1-11(2)13-5-3-4-6-14(13)19-16(22)17(23)20-15(21)12-7-9-18-10-8-12/h3-6,11-12,18H,7-10H2,1-2H3,(H,19,22)(H,20,21,23). The van der Waals surface area contributed by atoms with E-state index >= 15 is 0 Å². The van der Waals surface area contributed by atoms with Crippen LogP contribution in [0.4, 0.5) is 5.69 Å². The second kappa shape index (κ2) is 7.87. The number of benzene rings is 1. The van der Waals surface area contributed by atoms with E-state index in [1.54, 1.807) is 12.1 Å². The Morgan fingerprint density at radius 1 is 1.09 bits per heavy atom. The van der Waals surface area contributed by atoms with Gasteiger partial charge in [-0.1, -0.05) is 32.0 Å². The first-order valence-corrected chi connectivity index (χ1v) is 7.95. The van der Waals surface area contributed by atoms with E-state index in [4.69, 9.17) is 0 Å². The van der Waals surface area contributed by atoms with Crippen LogP contribution in [0.1, 0.15) is 38.2 Å². The largest absolute Gasteiger partial charge is 0.318 e. The maximum absolute atomic E-state index is 12.0. The van der Waals surface area contributed by atoms with E-state index in [2.05, 4.69) is 16.0 Å². The predicted molar refractivity (Wildman–Crippen MR) is 87.9 cm³/mol. The maximum atomic E-state index is 12.0. The average Bonchev–Trinajstić information content (AvgIpc) is 2.55. The molecule has 0 radical (unpaired) electrons. The minimum Gasteiger partial charge on any atom is -0.318 e. The Bertz CT molecular complexity index is 593. The molecule has 0 spiro atoms. The maximum Gasteiger partial charge on any atom is 0.316 e. The lowest BCUT2D eigenvalue weighted by Gasteiger charge is -2.21. The van der Waals surface area contributed by atoms with Crippen LogP contribution in [0.25, 0.3) is 0 Å². The summed E-state index contributed by atoms with van der Waals surface area (Å²) < 4.78 is 0. The zero-order chi connectivity index (χ0) is 16.8. The Hall–Kier alpha value is -2.21. The topological polar surface area (TPSA) is 87.3 Å². The Morgan fingerprint density at radius 2 is 1.74 bits per heavy atom. The lowest BCUT2D eigenvalue weighted by Crippen LogP contribution is -2.44. The second-order valence-corrected chi connectivity index (χ2v) is 6.04. The highest BCUT2D eigenvalue weighted by atomic mass is 16.2. The SMILES string of the molecule is CC(C)c1ccccc1NC(=O)C(=O)NC(=O)C1CCNCC1. The zero-order valence-corrected chi connectivity index (χ0v) is 13.5. The molecule has 1 aromatic carbocycles. The molecule has 3 amide bonds. The average molecular weight is 317 g/mol. The third-order valence-corrected chi connectivity index (χ3v) is 3.98. The number of amides is 3. The highest BCUT2D eigenvalue weighted by Gasteiger charge is 2.25. The summed E-state index contributed by atoms with van der Waals surface area (Å²) in [5.74, 6) is -2.10. The fourth-order valence-corrected chi connectivity index (χ4v) is 2.65. The first-order valence-electron chi connectivity index (χ1n) is 7.95. The molecule has 0 aliphatic carbocycles. The van der Waals surface area contributed by atoms with Crippen LogP contribution in [0.2, 0.25) is 0 Å². The highest BCUT2D eigenvalue weighted by Crippen LogP contribution is 2.23. The number of rotatable bonds is 3. The molecule has 1 aliphatic rings. The molecule has 6 nitrogen and oxygen atoms in total. The number of hydrogen-bond donors (Lipinski definition) is 3. The van der Waals surface area contributed by atoms with Gasteiger partial charge in [0.15, 0.2) is 0 Å². The van der Waals surface area contributed by atoms with Gasteiger partial charge in [0.2, 0.25) is 5.91 Å². The van der Waals surface area contributed by atoms with Crippen molar-refractivity contribution in [1.29, 1.82) is 0 Å². The van der Waals surface area contributed by atoms with E-state index in [0.29, 0.717) is 18.5 Å². The Kier molecular flexibility index (Phi) is 5.87. The van der Waals surface area contributed by atoms with E-state index in [1.807, 2.05) is 26.0 Å². The number of hydrogen-bond acceptors (Lipinski definition) is 4. The third-order valence-electron chi connectivity index (χ3n) is 3.98. The van der Waals surface area contributed by atoms with Crippen molar-refractivity contribution in [2.24, 2.45) is 5.92 Å². The number of imide groups is 1. The summed E-state index contributed by atoms with van der Waals surface area (Å²) in [6, 6.07) is 7.32. The molecule has 0 atom stereocenters. The fraction of sp³-hybridized carbons (Fsp3) is 0.471. The number of nitrogens with one attached hydrogen (secondary N) is 3. The smallest absolute Gasteiger partial charge is 0.316 e. The first kappa shape index (κ1) is 17.1. The van der Waals surface area contributed by atoms with E-state index in [-0.39, 0.29) is 17.7 Å². The van der Waals surface area contributed by atoms with Crippen LogP contribution >= 0.6 is 0 Å². The Labute approximate surface area is 136 Å². The normalized spacial score (nSPS) is 15.3. The molecule has 6 heteroatoms. The van der Waals surface area contributed by atoms with Crippen molar-refractivity contribution in [3.8, 4) is 0 Å². The van der Waals surface area contributed by atoms with Gasteiger partial charge in [0.25, 0.3) is 0 Å². The summed E-state index contributed by atoms with van der Waals surface area (Å²) in [6.45, 7) is 5.51.